The van der Waals surface area contributed by atoms with Gasteiger partial charge in [-0.15, -0.1) is 11.3 Å². The van der Waals surface area contributed by atoms with Crippen LogP contribution in [-0.4, -0.2) is 4.98 Å². The summed E-state index contributed by atoms with van der Waals surface area (Å²) in [4.78, 5) is 3.92. The van der Waals surface area contributed by atoms with Crippen LogP contribution >= 0.6 is 22.9 Å². The molecule has 0 amide bonds. The highest BCUT2D eigenvalue weighted by molar-refractivity contribution is 7.15. The van der Waals surface area contributed by atoms with Crippen molar-refractivity contribution in [1.29, 1.82) is 0 Å². The predicted molar refractivity (Wildman–Crippen MR) is 60.8 cm³/mol. The lowest BCUT2D eigenvalue weighted by Crippen LogP contribution is -2.03. The number of hydrogen-bond acceptors (Lipinski definition) is 3. The average Bonchev–Trinajstić information content (AvgIpc) is 2.67. The van der Waals surface area contributed by atoms with Gasteiger partial charge in [-0.1, -0.05) is 11.6 Å². The molecule has 1 aromatic heterocycles. The summed E-state index contributed by atoms with van der Waals surface area (Å²) in [7, 11) is 0. The Hall–Kier alpha value is -1.27. The fraction of sp³-hybridized carbons (Fsp3) is 0.100. The van der Waals surface area contributed by atoms with Gasteiger partial charge in [0.25, 0.3) is 0 Å². The van der Waals surface area contributed by atoms with Crippen LogP contribution in [0.25, 0.3) is 0 Å². The van der Waals surface area contributed by atoms with Gasteiger partial charge in [-0.2, -0.15) is 0 Å². The van der Waals surface area contributed by atoms with Crippen LogP contribution in [0.2, 0.25) is 4.34 Å². The van der Waals surface area contributed by atoms with Crippen LogP contribution in [0.15, 0.2) is 18.3 Å². The lowest BCUT2D eigenvalue weighted by Gasteiger charge is -2.06. The highest BCUT2D eigenvalue weighted by atomic mass is 35.5. The van der Waals surface area contributed by atoms with E-state index in [9.17, 15) is 13.2 Å². The second-order valence-corrected chi connectivity index (χ2v) is 4.91. The first-order valence-electron chi connectivity index (χ1n) is 4.55. The summed E-state index contributed by atoms with van der Waals surface area (Å²) in [5, 5.41) is 3.15. The molecular weight excluding hydrogens is 273 g/mol. The van der Waals surface area contributed by atoms with Crippen LogP contribution in [-0.2, 0) is 6.54 Å². The van der Waals surface area contributed by atoms with E-state index in [1.165, 1.54) is 17.5 Å². The molecule has 0 radical (unpaired) electrons. The second kappa shape index (κ2) is 4.93. The van der Waals surface area contributed by atoms with E-state index in [1.54, 1.807) is 0 Å². The molecule has 0 saturated heterocycles. The summed E-state index contributed by atoms with van der Waals surface area (Å²) in [5.41, 5.74) is -0.242. The average molecular weight is 279 g/mol. The van der Waals surface area contributed by atoms with Crippen molar-refractivity contribution in [2.45, 2.75) is 6.54 Å². The minimum Gasteiger partial charge on any atom is -0.376 e. The van der Waals surface area contributed by atoms with Gasteiger partial charge in [-0.25, -0.2) is 18.2 Å². The monoisotopic (exact) mass is 278 g/mol. The zero-order valence-electron chi connectivity index (χ0n) is 8.31. The maximum absolute atomic E-state index is 13.2. The first-order chi connectivity index (χ1) is 8.06. The Morgan fingerprint density at radius 1 is 1.29 bits per heavy atom. The smallest absolute Gasteiger partial charge is 0.182 e. The molecule has 2 rings (SSSR count). The number of thiazole rings is 1. The minimum atomic E-state index is -1.23. The normalized spacial score (nSPS) is 10.6. The third-order valence-corrected chi connectivity index (χ3v) is 3.06. The molecule has 1 N–H and O–H groups in total. The Morgan fingerprint density at radius 3 is 2.71 bits per heavy atom. The largest absolute Gasteiger partial charge is 0.376 e. The highest BCUT2D eigenvalue weighted by Gasteiger charge is 2.11. The van der Waals surface area contributed by atoms with Gasteiger partial charge in [0.1, 0.15) is 15.2 Å². The van der Waals surface area contributed by atoms with Crippen LogP contribution < -0.4 is 5.32 Å². The third kappa shape index (κ3) is 2.89. The van der Waals surface area contributed by atoms with Gasteiger partial charge in [0.2, 0.25) is 0 Å². The van der Waals surface area contributed by atoms with Crippen molar-refractivity contribution in [3.8, 4) is 0 Å². The number of nitrogens with zero attached hydrogens (tertiary/aromatic N) is 1. The molecule has 0 unspecified atom stereocenters. The molecule has 1 aromatic carbocycles. The fourth-order valence-electron chi connectivity index (χ4n) is 1.23. The van der Waals surface area contributed by atoms with Gasteiger partial charge in [-0.05, 0) is 0 Å². The first kappa shape index (κ1) is 12.2. The SMILES string of the molecule is Fc1cc(F)c(F)c(NCc2ncc(Cl)s2)c1. The molecule has 7 heteroatoms. The van der Waals surface area contributed by atoms with E-state index in [0.29, 0.717) is 15.4 Å². The molecule has 0 saturated carbocycles. The van der Waals surface area contributed by atoms with Crippen molar-refractivity contribution in [3.63, 3.8) is 0 Å². The second-order valence-electron chi connectivity index (χ2n) is 3.16. The molecule has 0 spiro atoms. The molecule has 0 atom stereocenters. The van der Waals surface area contributed by atoms with Crippen molar-refractivity contribution in [1.82, 2.24) is 4.98 Å². The molecule has 0 fully saturated rings. The number of nitrogens with one attached hydrogen (secondary N) is 1. The Labute approximate surface area is 104 Å². The zero-order valence-corrected chi connectivity index (χ0v) is 9.88. The Bertz CT molecular complexity index is 544. The van der Waals surface area contributed by atoms with E-state index in [-0.39, 0.29) is 12.2 Å². The van der Waals surface area contributed by atoms with E-state index in [0.717, 1.165) is 6.07 Å². The number of hydrogen-bond donors (Lipinski definition) is 1. The predicted octanol–water partition coefficient (Wildman–Crippen LogP) is 3.83. The minimum absolute atomic E-state index is 0.150. The Morgan fingerprint density at radius 2 is 2.06 bits per heavy atom. The Balaban J connectivity index is 2.14. The quantitative estimate of drug-likeness (QED) is 0.863. The standard InChI is InChI=1S/C10H6ClF3N2S/c11-8-3-16-9(17-8)4-15-7-2-5(12)1-6(13)10(7)14/h1-3,15H,4H2. The number of anilines is 1. The van der Waals surface area contributed by atoms with E-state index in [4.69, 9.17) is 11.6 Å². The summed E-state index contributed by atoms with van der Waals surface area (Å²) in [6.45, 7) is 0.150. The van der Waals surface area contributed by atoms with Gasteiger partial charge in [0.05, 0.1) is 18.4 Å². The van der Waals surface area contributed by atoms with Crippen molar-refractivity contribution < 1.29 is 13.2 Å². The lowest BCUT2D eigenvalue weighted by atomic mass is 10.3. The molecule has 0 aliphatic heterocycles. The molecule has 1 heterocycles. The first-order valence-corrected chi connectivity index (χ1v) is 5.74. The van der Waals surface area contributed by atoms with Gasteiger partial charge in [-0.3, -0.25) is 0 Å². The summed E-state index contributed by atoms with van der Waals surface area (Å²) >= 11 is 6.86. The van der Waals surface area contributed by atoms with Gasteiger partial charge in [0, 0.05) is 12.1 Å². The molecule has 0 aliphatic carbocycles. The van der Waals surface area contributed by atoms with Crippen LogP contribution in [0.1, 0.15) is 5.01 Å². The number of benzene rings is 1. The van der Waals surface area contributed by atoms with E-state index < -0.39 is 17.5 Å². The zero-order chi connectivity index (χ0) is 12.4. The maximum atomic E-state index is 13.2. The summed E-state index contributed by atoms with van der Waals surface area (Å²) in [5.74, 6) is -3.19. The van der Waals surface area contributed by atoms with Crippen LogP contribution in [0, 0.1) is 17.5 Å². The van der Waals surface area contributed by atoms with E-state index in [1.807, 2.05) is 0 Å². The van der Waals surface area contributed by atoms with Crippen LogP contribution in [0.3, 0.4) is 0 Å². The summed E-state index contributed by atoms with van der Waals surface area (Å²) in [6, 6.07) is 1.37. The van der Waals surface area contributed by atoms with Gasteiger partial charge < -0.3 is 5.32 Å². The third-order valence-electron chi connectivity index (χ3n) is 1.95. The molecule has 17 heavy (non-hydrogen) atoms. The summed E-state index contributed by atoms with van der Waals surface area (Å²) in [6.07, 6.45) is 1.45. The highest BCUT2D eigenvalue weighted by Crippen LogP contribution is 2.22. The molecule has 2 nitrogen and oxygen atoms in total. The maximum Gasteiger partial charge on any atom is 0.182 e. The topological polar surface area (TPSA) is 24.9 Å². The number of aromatic nitrogens is 1. The lowest BCUT2D eigenvalue weighted by molar-refractivity contribution is 0.497. The number of rotatable bonds is 3. The van der Waals surface area contributed by atoms with Crippen molar-refractivity contribution in [2.75, 3.05) is 5.32 Å². The van der Waals surface area contributed by atoms with Crippen molar-refractivity contribution in [2.24, 2.45) is 0 Å². The molecule has 0 bridgehead atoms. The number of halogens is 4. The molecule has 2 aromatic rings. The van der Waals surface area contributed by atoms with Crippen LogP contribution in [0.4, 0.5) is 18.9 Å². The molecular formula is C10H6ClF3N2S. The van der Waals surface area contributed by atoms with E-state index in [2.05, 4.69) is 10.3 Å². The van der Waals surface area contributed by atoms with Crippen molar-refractivity contribution >= 4 is 28.6 Å². The molecule has 0 aliphatic rings. The summed E-state index contributed by atoms with van der Waals surface area (Å²) < 4.78 is 39.5. The van der Waals surface area contributed by atoms with Gasteiger partial charge >= 0.3 is 0 Å². The van der Waals surface area contributed by atoms with Gasteiger partial charge in [0.15, 0.2) is 11.6 Å². The van der Waals surface area contributed by atoms with E-state index >= 15 is 0 Å². The molecule has 90 valence electrons. The Kier molecular flexibility index (Phi) is 3.54. The van der Waals surface area contributed by atoms with Crippen LogP contribution in [0.5, 0.6) is 0 Å². The fourth-order valence-corrected chi connectivity index (χ4v) is 2.12. The van der Waals surface area contributed by atoms with Crippen molar-refractivity contribution in [3.05, 3.63) is 45.1 Å².